The Labute approximate surface area is 72.0 Å². The van der Waals surface area contributed by atoms with Crippen LogP contribution in [0.5, 0.6) is 5.75 Å². The first-order valence-corrected chi connectivity index (χ1v) is 4.02. The maximum Gasteiger partial charge on any atom is 0.130 e. The molecule has 0 aliphatic carbocycles. The van der Waals surface area contributed by atoms with Crippen LogP contribution in [0, 0.1) is 0 Å². The highest BCUT2D eigenvalue weighted by atomic mass is 79.9. The lowest BCUT2D eigenvalue weighted by Crippen LogP contribution is -1.70. The van der Waals surface area contributed by atoms with E-state index in [1.165, 1.54) is 0 Å². The molecule has 2 nitrogen and oxygen atoms in total. The average molecular weight is 212 g/mol. The predicted molar refractivity (Wildman–Crippen MR) is 47.7 cm³/mol. The Morgan fingerprint density at radius 3 is 3.00 bits per heavy atom. The molecule has 56 valence electrons. The van der Waals surface area contributed by atoms with Gasteiger partial charge >= 0.3 is 0 Å². The molecule has 0 radical (unpaired) electrons. The maximum absolute atomic E-state index is 9.27. The van der Waals surface area contributed by atoms with Crippen LogP contribution in [0.25, 0.3) is 10.9 Å². The quantitative estimate of drug-likeness (QED) is 0.691. The van der Waals surface area contributed by atoms with Crippen molar-refractivity contribution in [3.63, 3.8) is 0 Å². The molecule has 0 aliphatic rings. The molecular weight excluding hydrogens is 206 g/mol. The van der Waals surface area contributed by atoms with Gasteiger partial charge in [-0.3, -0.25) is 0 Å². The fraction of sp³-hybridized carbons (Fsp3) is 0. The molecule has 0 spiro atoms. The summed E-state index contributed by atoms with van der Waals surface area (Å²) in [6.07, 6.45) is 1.84. The van der Waals surface area contributed by atoms with Gasteiger partial charge in [0.15, 0.2) is 0 Å². The lowest BCUT2D eigenvalue weighted by Gasteiger charge is -1.95. The molecule has 0 saturated heterocycles. The summed E-state index contributed by atoms with van der Waals surface area (Å²) in [6, 6.07) is 5.49. The van der Waals surface area contributed by atoms with Gasteiger partial charge in [-0.25, -0.2) is 0 Å². The van der Waals surface area contributed by atoms with Gasteiger partial charge in [-0.05, 0) is 34.1 Å². The molecule has 0 bridgehead atoms. The van der Waals surface area contributed by atoms with Crippen LogP contribution >= 0.6 is 15.9 Å². The Kier molecular flexibility index (Phi) is 1.39. The number of halogens is 1. The topological polar surface area (TPSA) is 36.0 Å². The Bertz CT molecular complexity index is 358. The van der Waals surface area contributed by atoms with E-state index in [1.807, 2.05) is 18.3 Å². The second-order valence-electron chi connectivity index (χ2n) is 2.37. The number of phenolic OH excluding ortho intramolecular Hbond substituents is 1. The van der Waals surface area contributed by atoms with E-state index in [-0.39, 0.29) is 5.75 Å². The van der Waals surface area contributed by atoms with Crippen molar-refractivity contribution in [2.24, 2.45) is 0 Å². The highest BCUT2D eigenvalue weighted by Gasteiger charge is 2.00. The number of hydrogen-bond donors (Lipinski definition) is 2. The van der Waals surface area contributed by atoms with Crippen molar-refractivity contribution in [1.82, 2.24) is 4.98 Å². The minimum absolute atomic E-state index is 0.275. The number of hydrogen-bond acceptors (Lipinski definition) is 1. The Balaban J connectivity index is 2.86. The lowest BCUT2D eigenvalue weighted by atomic mass is 10.2. The van der Waals surface area contributed by atoms with Gasteiger partial charge in [-0.1, -0.05) is 0 Å². The standard InChI is InChI=1S/C8H6BrNO/c9-6-4-7-5(1-2-10-7)3-8(6)11/h1-4,10-11H. The summed E-state index contributed by atoms with van der Waals surface area (Å²) in [4.78, 5) is 3.05. The first kappa shape index (κ1) is 6.73. The van der Waals surface area contributed by atoms with Crippen molar-refractivity contribution in [2.75, 3.05) is 0 Å². The zero-order chi connectivity index (χ0) is 7.84. The minimum Gasteiger partial charge on any atom is -0.507 e. The Morgan fingerprint density at radius 1 is 1.36 bits per heavy atom. The molecule has 0 atom stereocenters. The fourth-order valence-corrected chi connectivity index (χ4v) is 1.41. The normalized spacial score (nSPS) is 10.6. The van der Waals surface area contributed by atoms with E-state index < -0.39 is 0 Å². The maximum atomic E-state index is 9.27. The van der Waals surface area contributed by atoms with E-state index in [9.17, 15) is 5.11 Å². The molecule has 1 aromatic heterocycles. The van der Waals surface area contributed by atoms with E-state index in [4.69, 9.17) is 0 Å². The molecule has 0 unspecified atom stereocenters. The van der Waals surface area contributed by atoms with Gasteiger partial charge in [-0.2, -0.15) is 0 Å². The Hall–Kier alpha value is -0.960. The molecule has 1 aromatic carbocycles. The lowest BCUT2D eigenvalue weighted by molar-refractivity contribution is 0.473. The van der Waals surface area contributed by atoms with Crippen molar-refractivity contribution in [3.05, 3.63) is 28.9 Å². The molecule has 1 heterocycles. The summed E-state index contributed by atoms with van der Waals surface area (Å²) >= 11 is 3.23. The average Bonchev–Trinajstić information content (AvgIpc) is 2.36. The largest absolute Gasteiger partial charge is 0.507 e. The van der Waals surface area contributed by atoms with E-state index in [1.54, 1.807) is 6.07 Å². The molecule has 3 heteroatoms. The minimum atomic E-state index is 0.275. The first-order valence-electron chi connectivity index (χ1n) is 3.23. The monoisotopic (exact) mass is 211 g/mol. The number of aromatic nitrogens is 1. The van der Waals surface area contributed by atoms with Gasteiger partial charge in [0, 0.05) is 17.1 Å². The van der Waals surface area contributed by atoms with Crippen LogP contribution < -0.4 is 0 Å². The summed E-state index contributed by atoms with van der Waals surface area (Å²) in [7, 11) is 0. The molecule has 2 rings (SSSR count). The van der Waals surface area contributed by atoms with Crippen LogP contribution in [-0.4, -0.2) is 10.1 Å². The molecular formula is C8H6BrNO. The number of aromatic amines is 1. The molecule has 2 N–H and O–H groups in total. The van der Waals surface area contributed by atoms with E-state index in [0.29, 0.717) is 4.47 Å². The van der Waals surface area contributed by atoms with Crippen LogP contribution in [0.15, 0.2) is 28.9 Å². The van der Waals surface area contributed by atoms with Crippen LogP contribution in [0.4, 0.5) is 0 Å². The summed E-state index contributed by atoms with van der Waals surface area (Å²) in [5.41, 5.74) is 1.02. The Morgan fingerprint density at radius 2 is 2.18 bits per heavy atom. The van der Waals surface area contributed by atoms with Gasteiger partial charge in [0.2, 0.25) is 0 Å². The van der Waals surface area contributed by atoms with Gasteiger partial charge in [-0.15, -0.1) is 0 Å². The molecule has 2 aromatic rings. The molecule has 0 fully saturated rings. The smallest absolute Gasteiger partial charge is 0.130 e. The fourth-order valence-electron chi connectivity index (χ4n) is 1.06. The van der Waals surface area contributed by atoms with Crippen molar-refractivity contribution in [1.29, 1.82) is 0 Å². The van der Waals surface area contributed by atoms with Gasteiger partial charge in [0.25, 0.3) is 0 Å². The highest BCUT2D eigenvalue weighted by molar-refractivity contribution is 9.10. The second-order valence-corrected chi connectivity index (χ2v) is 3.22. The van der Waals surface area contributed by atoms with Crippen molar-refractivity contribution in [2.45, 2.75) is 0 Å². The number of benzene rings is 1. The SMILES string of the molecule is Oc1cc2cc[nH]c2cc1Br. The summed E-state index contributed by atoms with van der Waals surface area (Å²) < 4.78 is 0.715. The molecule has 11 heavy (non-hydrogen) atoms. The van der Waals surface area contributed by atoms with Gasteiger partial charge in [0.05, 0.1) is 4.47 Å². The third kappa shape index (κ3) is 1.01. The van der Waals surface area contributed by atoms with Crippen LogP contribution in [-0.2, 0) is 0 Å². The van der Waals surface area contributed by atoms with Gasteiger partial charge in [0.1, 0.15) is 5.75 Å². The first-order chi connectivity index (χ1) is 5.27. The number of aromatic hydroxyl groups is 1. The molecule has 0 aliphatic heterocycles. The van der Waals surface area contributed by atoms with Crippen molar-refractivity contribution < 1.29 is 5.11 Å². The third-order valence-corrected chi connectivity index (χ3v) is 2.26. The zero-order valence-corrected chi connectivity index (χ0v) is 7.22. The second kappa shape index (κ2) is 2.27. The number of H-pyrrole nitrogens is 1. The van der Waals surface area contributed by atoms with Crippen LogP contribution in [0.1, 0.15) is 0 Å². The molecule has 0 amide bonds. The van der Waals surface area contributed by atoms with Crippen molar-refractivity contribution in [3.8, 4) is 5.75 Å². The van der Waals surface area contributed by atoms with E-state index in [2.05, 4.69) is 20.9 Å². The number of nitrogens with one attached hydrogen (secondary N) is 1. The zero-order valence-electron chi connectivity index (χ0n) is 5.63. The van der Waals surface area contributed by atoms with E-state index in [0.717, 1.165) is 10.9 Å². The number of phenols is 1. The summed E-state index contributed by atoms with van der Waals surface area (Å²) in [5.74, 6) is 0.275. The van der Waals surface area contributed by atoms with Gasteiger partial charge < -0.3 is 10.1 Å². The van der Waals surface area contributed by atoms with Crippen LogP contribution in [0.2, 0.25) is 0 Å². The highest BCUT2D eigenvalue weighted by Crippen LogP contribution is 2.28. The third-order valence-electron chi connectivity index (χ3n) is 1.62. The predicted octanol–water partition coefficient (Wildman–Crippen LogP) is 2.64. The number of rotatable bonds is 0. The van der Waals surface area contributed by atoms with E-state index >= 15 is 0 Å². The van der Waals surface area contributed by atoms with Crippen molar-refractivity contribution >= 4 is 26.8 Å². The van der Waals surface area contributed by atoms with Crippen LogP contribution in [0.3, 0.4) is 0 Å². The molecule has 0 saturated carbocycles. The summed E-state index contributed by atoms with van der Waals surface area (Å²) in [5, 5.41) is 10.3. The summed E-state index contributed by atoms with van der Waals surface area (Å²) in [6.45, 7) is 0. The number of fused-ring (bicyclic) bond motifs is 1.